The van der Waals surface area contributed by atoms with E-state index in [1.54, 1.807) is 12.1 Å². The number of aromatic nitrogens is 1. The molecule has 4 aliphatic carbocycles. The van der Waals surface area contributed by atoms with E-state index >= 15 is 0 Å². The highest BCUT2D eigenvalue weighted by molar-refractivity contribution is 5.85. The van der Waals surface area contributed by atoms with Gasteiger partial charge in [0.2, 0.25) is 11.8 Å². The van der Waals surface area contributed by atoms with Crippen LogP contribution in [0.25, 0.3) is 0 Å². The predicted octanol–water partition coefficient (Wildman–Crippen LogP) is 3.54. The van der Waals surface area contributed by atoms with E-state index in [0.717, 1.165) is 12.8 Å². The Morgan fingerprint density at radius 3 is 2.53 bits per heavy atom. The molecule has 156 valence electrons. The fourth-order valence-electron chi connectivity index (χ4n) is 7.04. The predicted molar refractivity (Wildman–Crippen MR) is 109 cm³/mol. The van der Waals surface area contributed by atoms with Gasteiger partial charge in [0.1, 0.15) is 6.07 Å². The number of nitriles is 2. The lowest BCUT2D eigenvalue weighted by molar-refractivity contribution is -0.150. The maximum absolute atomic E-state index is 13.5. The highest BCUT2D eigenvalue weighted by Crippen LogP contribution is 2.62. The summed E-state index contributed by atoms with van der Waals surface area (Å²) in [4.78, 5) is 19.8. The molecule has 0 N–H and O–H groups in total. The zero-order valence-corrected chi connectivity index (χ0v) is 17.7. The minimum absolute atomic E-state index is 0.0374. The first-order valence-corrected chi connectivity index (χ1v) is 11.1. The van der Waals surface area contributed by atoms with Crippen LogP contribution >= 0.6 is 0 Å². The molecule has 0 radical (unpaired) electrons. The summed E-state index contributed by atoms with van der Waals surface area (Å²) in [7, 11) is 0. The lowest BCUT2D eigenvalue weighted by Crippen LogP contribution is -2.62. The Balaban J connectivity index is 1.35. The second-order valence-electron chi connectivity index (χ2n) is 10.5. The maximum atomic E-state index is 13.5. The molecule has 6 heteroatoms. The molecule has 4 atom stereocenters. The van der Waals surface area contributed by atoms with Crippen LogP contribution in [0.5, 0.6) is 5.88 Å². The number of amides is 1. The summed E-state index contributed by atoms with van der Waals surface area (Å²) >= 11 is 0. The Kier molecular flexibility index (Phi) is 4.33. The summed E-state index contributed by atoms with van der Waals surface area (Å²) in [6, 6.07) is 8.20. The standard InChI is InChI=1S/C24H28N4O2/c1-23(2)19(13-30-20-4-3-15(10-25)11-27-20)12-28(22(23)29)21-18-6-16-5-17(7-18)9-24(21,8-16)14-26/h3-4,11,16-19,21H,5-9,12-13H2,1-2H3. The average Bonchev–Trinajstić information content (AvgIpc) is 2.95. The van der Waals surface area contributed by atoms with Crippen molar-refractivity contribution >= 4 is 5.91 Å². The molecule has 4 bridgehead atoms. The van der Waals surface area contributed by atoms with Gasteiger partial charge in [-0.1, -0.05) is 13.8 Å². The molecule has 1 aromatic rings. The number of nitrogens with zero attached hydrogens (tertiary/aromatic N) is 4. The second kappa shape index (κ2) is 6.71. The van der Waals surface area contributed by atoms with Gasteiger partial charge in [-0.05, 0) is 55.9 Å². The first-order chi connectivity index (χ1) is 14.4. The summed E-state index contributed by atoms with van der Waals surface area (Å²) in [6.07, 6.45) is 7.04. The number of likely N-dealkylation sites (tertiary alicyclic amines) is 1. The molecule has 30 heavy (non-hydrogen) atoms. The number of hydrogen-bond donors (Lipinski definition) is 0. The molecule has 6 nitrogen and oxygen atoms in total. The number of rotatable bonds is 4. The van der Waals surface area contributed by atoms with Gasteiger partial charge in [0.05, 0.1) is 35.1 Å². The molecule has 0 aromatic carbocycles. The molecule has 1 aliphatic heterocycles. The highest BCUT2D eigenvalue weighted by atomic mass is 16.5. The van der Waals surface area contributed by atoms with E-state index in [2.05, 4.69) is 22.0 Å². The smallest absolute Gasteiger partial charge is 0.229 e. The van der Waals surface area contributed by atoms with Crippen LogP contribution in [0.1, 0.15) is 51.5 Å². The summed E-state index contributed by atoms with van der Waals surface area (Å²) in [5.74, 6) is 2.48. The van der Waals surface area contributed by atoms with Crippen molar-refractivity contribution in [2.45, 2.75) is 52.0 Å². The van der Waals surface area contributed by atoms with Gasteiger partial charge >= 0.3 is 0 Å². The Bertz CT molecular complexity index is 927. The zero-order valence-electron chi connectivity index (χ0n) is 17.7. The number of ether oxygens (including phenoxy) is 1. The van der Waals surface area contributed by atoms with Crippen molar-refractivity contribution in [2.75, 3.05) is 13.2 Å². The lowest BCUT2D eigenvalue weighted by Gasteiger charge is -2.60. The Hall–Kier alpha value is -2.60. The van der Waals surface area contributed by atoms with Crippen LogP contribution < -0.4 is 4.74 Å². The lowest BCUT2D eigenvalue weighted by atomic mass is 9.47. The second-order valence-corrected chi connectivity index (χ2v) is 10.5. The summed E-state index contributed by atoms with van der Waals surface area (Å²) in [5.41, 5.74) is -0.392. The van der Waals surface area contributed by atoms with Crippen LogP contribution in [-0.4, -0.2) is 35.0 Å². The Labute approximate surface area is 177 Å². The first kappa shape index (κ1) is 19.4. The summed E-state index contributed by atoms with van der Waals surface area (Å²) in [5, 5.41) is 19.1. The first-order valence-electron chi connectivity index (χ1n) is 11.1. The fraction of sp³-hybridized carbons (Fsp3) is 0.667. The van der Waals surface area contributed by atoms with Crippen molar-refractivity contribution in [3.8, 4) is 18.0 Å². The van der Waals surface area contributed by atoms with Crippen molar-refractivity contribution < 1.29 is 9.53 Å². The highest BCUT2D eigenvalue weighted by Gasteiger charge is 2.62. The molecule has 2 heterocycles. The van der Waals surface area contributed by atoms with E-state index < -0.39 is 5.41 Å². The van der Waals surface area contributed by atoms with E-state index in [4.69, 9.17) is 10.00 Å². The van der Waals surface area contributed by atoms with Gasteiger partial charge < -0.3 is 9.64 Å². The maximum Gasteiger partial charge on any atom is 0.229 e. The minimum Gasteiger partial charge on any atom is -0.477 e. The van der Waals surface area contributed by atoms with Gasteiger partial charge in [-0.2, -0.15) is 10.5 Å². The Morgan fingerprint density at radius 1 is 1.20 bits per heavy atom. The summed E-state index contributed by atoms with van der Waals surface area (Å²) in [6.45, 7) is 5.05. The molecule has 1 saturated heterocycles. The van der Waals surface area contributed by atoms with Crippen LogP contribution in [-0.2, 0) is 4.79 Å². The number of carbonyl (C=O) groups excluding carboxylic acids is 1. The van der Waals surface area contributed by atoms with E-state index in [-0.39, 0.29) is 23.3 Å². The van der Waals surface area contributed by atoms with Crippen molar-refractivity contribution in [1.82, 2.24) is 9.88 Å². The van der Waals surface area contributed by atoms with Crippen LogP contribution in [0.4, 0.5) is 0 Å². The zero-order chi connectivity index (χ0) is 21.1. The molecule has 0 spiro atoms. The minimum atomic E-state index is -0.530. The molecule has 4 unspecified atom stereocenters. The van der Waals surface area contributed by atoms with E-state index in [1.165, 1.54) is 25.5 Å². The largest absolute Gasteiger partial charge is 0.477 e. The van der Waals surface area contributed by atoms with Gasteiger partial charge in [0, 0.05) is 24.7 Å². The summed E-state index contributed by atoms with van der Waals surface area (Å²) < 4.78 is 5.91. The van der Waals surface area contributed by atoms with Gasteiger partial charge in [-0.3, -0.25) is 4.79 Å². The molecular formula is C24H28N4O2. The third kappa shape index (κ3) is 2.81. The quantitative estimate of drug-likeness (QED) is 0.766. The Morgan fingerprint density at radius 2 is 1.93 bits per heavy atom. The van der Waals surface area contributed by atoms with Crippen molar-refractivity contribution in [1.29, 1.82) is 10.5 Å². The SMILES string of the molecule is CC1(C)C(=O)N(C2C3CC4CC(C3)CC2(C#N)C4)CC1COc1ccc(C#N)cn1. The van der Waals surface area contributed by atoms with E-state index in [1.807, 2.05) is 13.8 Å². The van der Waals surface area contributed by atoms with Gasteiger partial charge in [0.15, 0.2) is 0 Å². The van der Waals surface area contributed by atoms with Gasteiger partial charge in [-0.15, -0.1) is 0 Å². The van der Waals surface area contributed by atoms with Crippen molar-refractivity contribution in [3.63, 3.8) is 0 Å². The van der Waals surface area contributed by atoms with Crippen molar-refractivity contribution in [2.24, 2.45) is 34.5 Å². The molecular weight excluding hydrogens is 376 g/mol. The fourth-order valence-corrected chi connectivity index (χ4v) is 7.04. The van der Waals surface area contributed by atoms with Crippen LogP contribution in [0.3, 0.4) is 0 Å². The third-order valence-electron chi connectivity index (χ3n) is 8.36. The topological polar surface area (TPSA) is 90.0 Å². The van der Waals surface area contributed by atoms with Crippen LogP contribution in [0, 0.1) is 57.2 Å². The van der Waals surface area contributed by atoms with Gasteiger partial charge in [0.25, 0.3) is 0 Å². The average molecular weight is 405 g/mol. The molecule has 4 saturated carbocycles. The van der Waals surface area contributed by atoms with Gasteiger partial charge in [-0.25, -0.2) is 4.98 Å². The molecule has 5 aliphatic rings. The van der Waals surface area contributed by atoms with Crippen LogP contribution in [0.15, 0.2) is 18.3 Å². The third-order valence-corrected chi connectivity index (χ3v) is 8.36. The molecule has 6 rings (SSSR count). The van der Waals surface area contributed by atoms with E-state index in [9.17, 15) is 10.1 Å². The van der Waals surface area contributed by atoms with Crippen LogP contribution in [0.2, 0.25) is 0 Å². The molecule has 1 amide bonds. The number of carbonyl (C=O) groups is 1. The molecule has 5 fully saturated rings. The number of pyridine rings is 1. The van der Waals surface area contributed by atoms with E-state index in [0.29, 0.717) is 42.3 Å². The normalized spacial score (nSPS) is 38.3. The number of hydrogen-bond acceptors (Lipinski definition) is 5. The monoisotopic (exact) mass is 404 g/mol. The van der Waals surface area contributed by atoms with Crippen molar-refractivity contribution in [3.05, 3.63) is 23.9 Å². The molecule has 1 aromatic heterocycles.